The Hall–Kier alpha value is -2.00. The van der Waals surface area contributed by atoms with Crippen molar-refractivity contribution < 1.29 is 0 Å². The minimum Gasteiger partial charge on any atom is -0.264 e. The highest BCUT2D eigenvalue weighted by molar-refractivity contribution is 7.07. The summed E-state index contributed by atoms with van der Waals surface area (Å²) >= 11 is 1.63. The van der Waals surface area contributed by atoms with Gasteiger partial charge in [-0.15, -0.1) is 11.3 Å². The molecule has 0 unspecified atom stereocenters. The van der Waals surface area contributed by atoms with Gasteiger partial charge >= 0.3 is 0 Å². The van der Waals surface area contributed by atoms with Gasteiger partial charge in [0.25, 0.3) is 0 Å². The van der Waals surface area contributed by atoms with E-state index >= 15 is 0 Å². The fourth-order valence-electron chi connectivity index (χ4n) is 1.36. The normalized spacial score (nSPS) is 8.17. The summed E-state index contributed by atoms with van der Waals surface area (Å²) < 4.78 is 0. The second-order valence-corrected chi connectivity index (χ2v) is 5.53. The smallest absolute Gasteiger partial charge is 0.0794 e. The van der Waals surface area contributed by atoms with E-state index in [1.807, 2.05) is 43.1 Å². The van der Waals surface area contributed by atoms with Gasteiger partial charge in [0.2, 0.25) is 0 Å². The molecule has 3 rings (SSSR count). The number of pyridine rings is 1. The molecule has 0 aliphatic carbocycles. The molecule has 3 aromatic rings. The summed E-state index contributed by atoms with van der Waals surface area (Å²) in [6, 6.07) is 12.4. The van der Waals surface area contributed by atoms with Crippen LogP contribution < -0.4 is 0 Å². The molecule has 0 aliphatic heterocycles. The summed E-state index contributed by atoms with van der Waals surface area (Å²) in [5.74, 6) is 0. The average molecular weight is 331 g/mol. The molecular formula is C20H30N2S. The molecule has 3 heteroatoms. The summed E-state index contributed by atoms with van der Waals surface area (Å²) in [5, 5.41) is 2.01. The summed E-state index contributed by atoms with van der Waals surface area (Å²) in [6.45, 7) is 8.20. The third kappa shape index (κ3) is 12.2. The van der Waals surface area contributed by atoms with Crippen molar-refractivity contribution in [2.24, 2.45) is 0 Å². The molecule has 23 heavy (non-hydrogen) atoms. The molecule has 2 heterocycles. The van der Waals surface area contributed by atoms with Crippen molar-refractivity contribution in [3.8, 4) is 0 Å². The molecule has 2 nitrogen and oxygen atoms in total. The van der Waals surface area contributed by atoms with E-state index < -0.39 is 0 Å². The standard InChI is InChI=1S/C8H10.C6H7N.C4H5NS.2CH4/c1-7-3-5-8(2)6-4-7;1-6-3-2-4-7-5-6;1-4-2-6-3-5-4;;/h3-6H,1-2H3;2-5H,1H3;2-3H,1H3;2*1H4. The second kappa shape index (κ2) is 13.6. The number of hydrogen-bond donors (Lipinski definition) is 0. The van der Waals surface area contributed by atoms with Crippen molar-refractivity contribution in [3.63, 3.8) is 0 Å². The van der Waals surface area contributed by atoms with E-state index in [1.54, 1.807) is 17.5 Å². The molecule has 0 fully saturated rings. The van der Waals surface area contributed by atoms with Gasteiger partial charge in [0.05, 0.1) is 5.51 Å². The summed E-state index contributed by atoms with van der Waals surface area (Å²) in [4.78, 5) is 7.82. The van der Waals surface area contributed by atoms with Crippen LogP contribution in [0.3, 0.4) is 0 Å². The zero-order valence-corrected chi connectivity index (χ0v) is 13.9. The predicted octanol–water partition coefficient (Wildman–Crippen LogP) is 6.42. The lowest BCUT2D eigenvalue weighted by Crippen LogP contribution is -1.70. The average Bonchev–Trinajstić information content (AvgIpc) is 2.95. The number of hydrogen-bond acceptors (Lipinski definition) is 3. The molecule has 0 spiro atoms. The highest BCUT2D eigenvalue weighted by atomic mass is 32.1. The Morgan fingerprint density at radius 1 is 0.783 bits per heavy atom. The van der Waals surface area contributed by atoms with Crippen LogP contribution in [0.4, 0.5) is 0 Å². The van der Waals surface area contributed by atoms with Crippen molar-refractivity contribution >= 4 is 11.3 Å². The van der Waals surface area contributed by atoms with Crippen LogP contribution in [0, 0.1) is 27.7 Å². The molecule has 0 bridgehead atoms. The van der Waals surface area contributed by atoms with E-state index in [9.17, 15) is 0 Å². The molecule has 0 N–H and O–H groups in total. The maximum Gasteiger partial charge on any atom is 0.0794 e. The minimum absolute atomic E-state index is 0. The number of benzene rings is 1. The lowest BCUT2D eigenvalue weighted by atomic mass is 10.2. The van der Waals surface area contributed by atoms with Gasteiger partial charge < -0.3 is 0 Å². The molecule has 0 saturated heterocycles. The van der Waals surface area contributed by atoms with Crippen LogP contribution in [0.5, 0.6) is 0 Å². The lowest BCUT2D eigenvalue weighted by Gasteiger charge is -1.90. The molecule has 2 aromatic heterocycles. The van der Waals surface area contributed by atoms with Crippen molar-refractivity contribution in [1.82, 2.24) is 9.97 Å². The van der Waals surface area contributed by atoms with Gasteiger partial charge in [-0.2, -0.15) is 0 Å². The van der Waals surface area contributed by atoms with Crippen LogP contribution in [-0.2, 0) is 0 Å². The Balaban J connectivity index is 0. The lowest BCUT2D eigenvalue weighted by molar-refractivity contribution is 1.27. The first-order chi connectivity index (χ1) is 10.1. The van der Waals surface area contributed by atoms with E-state index in [0.717, 1.165) is 5.69 Å². The molecule has 0 aliphatic rings. The van der Waals surface area contributed by atoms with Crippen molar-refractivity contribution in [2.75, 3.05) is 0 Å². The summed E-state index contributed by atoms with van der Waals surface area (Å²) in [5.41, 5.74) is 6.81. The first-order valence-electron chi connectivity index (χ1n) is 6.82. The van der Waals surface area contributed by atoms with Crippen LogP contribution in [-0.4, -0.2) is 9.97 Å². The minimum atomic E-state index is 0. The summed E-state index contributed by atoms with van der Waals surface area (Å²) in [6.07, 6.45) is 3.60. The Morgan fingerprint density at radius 3 is 1.57 bits per heavy atom. The molecule has 0 saturated carbocycles. The highest BCUT2D eigenvalue weighted by Gasteiger charge is 1.80. The molecular weight excluding hydrogens is 300 g/mol. The van der Waals surface area contributed by atoms with Crippen LogP contribution in [0.15, 0.2) is 59.7 Å². The Bertz CT molecular complexity index is 566. The van der Waals surface area contributed by atoms with Gasteiger partial charge in [-0.3, -0.25) is 9.97 Å². The van der Waals surface area contributed by atoms with E-state index in [-0.39, 0.29) is 14.9 Å². The molecule has 126 valence electrons. The molecule has 0 amide bonds. The third-order valence-electron chi connectivity index (χ3n) is 2.58. The monoisotopic (exact) mass is 330 g/mol. The quantitative estimate of drug-likeness (QED) is 0.475. The predicted molar refractivity (Wildman–Crippen MR) is 105 cm³/mol. The first-order valence-corrected chi connectivity index (χ1v) is 7.77. The van der Waals surface area contributed by atoms with E-state index in [4.69, 9.17) is 0 Å². The van der Waals surface area contributed by atoms with Crippen LogP contribution in [0.1, 0.15) is 37.2 Å². The molecule has 1 aromatic carbocycles. The number of thiazole rings is 1. The van der Waals surface area contributed by atoms with Gasteiger partial charge in [-0.1, -0.05) is 56.3 Å². The van der Waals surface area contributed by atoms with E-state index in [2.05, 4.69) is 48.1 Å². The number of aryl methyl sites for hydroxylation is 4. The van der Waals surface area contributed by atoms with Crippen LogP contribution in [0.25, 0.3) is 0 Å². The van der Waals surface area contributed by atoms with Gasteiger partial charge in [0.15, 0.2) is 0 Å². The van der Waals surface area contributed by atoms with Gasteiger partial charge in [0, 0.05) is 23.5 Å². The first kappa shape index (κ1) is 23.3. The van der Waals surface area contributed by atoms with Gasteiger partial charge in [0.1, 0.15) is 0 Å². The van der Waals surface area contributed by atoms with Gasteiger partial charge in [-0.05, 0) is 39.3 Å². The second-order valence-electron chi connectivity index (χ2n) is 4.81. The zero-order valence-electron chi connectivity index (χ0n) is 13.1. The van der Waals surface area contributed by atoms with Crippen molar-refractivity contribution in [2.45, 2.75) is 42.5 Å². The number of rotatable bonds is 0. The topological polar surface area (TPSA) is 25.8 Å². The Kier molecular flexibility index (Phi) is 13.8. The summed E-state index contributed by atoms with van der Waals surface area (Å²) in [7, 11) is 0. The van der Waals surface area contributed by atoms with Crippen LogP contribution in [0.2, 0.25) is 0 Å². The van der Waals surface area contributed by atoms with Crippen molar-refractivity contribution in [1.29, 1.82) is 0 Å². The molecule has 0 atom stereocenters. The Morgan fingerprint density at radius 2 is 1.35 bits per heavy atom. The maximum absolute atomic E-state index is 3.94. The number of aromatic nitrogens is 2. The van der Waals surface area contributed by atoms with E-state index in [1.165, 1.54) is 16.7 Å². The maximum atomic E-state index is 3.94. The van der Waals surface area contributed by atoms with E-state index in [0.29, 0.717) is 0 Å². The third-order valence-corrected chi connectivity index (χ3v) is 3.29. The largest absolute Gasteiger partial charge is 0.264 e. The highest BCUT2D eigenvalue weighted by Crippen LogP contribution is 1.99. The van der Waals surface area contributed by atoms with Crippen LogP contribution >= 0.6 is 11.3 Å². The van der Waals surface area contributed by atoms with Crippen molar-refractivity contribution in [3.05, 3.63) is 82.1 Å². The number of nitrogens with zero attached hydrogens (tertiary/aromatic N) is 2. The fraction of sp³-hybridized carbons (Fsp3) is 0.300. The fourth-order valence-corrected chi connectivity index (χ4v) is 1.90. The zero-order chi connectivity index (χ0) is 15.5. The SMILES string of the molecule is C.C.Cc1ccc(C)cc1.Cc1cccnc1.Cc1cscn1. The Labute approximate surface area is 146 Å². The molecule has 0 radical (unpaired) electrons. The van der Waals surface area contributed by atoms with Gasteiger partial charge in [-0.25, -0.2) is 0 Å².